The highest BCUT2D eigenvalue weighted by Crippen LogP contribution is 2.38. The van der Waals surface area contributed by atoms with E-state index in [-0.39, 0.29) is 0 Å². The highest BCUT2D eigenvalue weighted by molar-refractivity contribution is 5.67. The molecule has 0 heterocycles. The van der Waals surface area contributed by atoms with Gasteiger partial charge < -0.3 is 10.6 Å². The molecular weight excluding hydrogens is 689 g/mol. The number of hydrogen-bond acceptors (Lipinski definition) is 2. The molecule has 0 amide bonds. The Morgan fingerprint density at radius 1 is 0.404 bits per heavy atom. The van der Waals surface area contributed by atoms with Crippen LogP contribution < -0.4 is 10.6 Å². The van der Waals surface area contributed by atoms with E-state index in [4.69, 9.17) is 5.73 Å². The number of nitrogen functional groups attached to an aromatic ring is 1. The molecule has 0 spiro atoms. The first kappa shape index (κ1) is 46.2. The summed E-state index contributed by atoms with van der Waals surface area (Å²) in [7, 11) is 0. The molecule has 4 aromatic carbocycles. The van der Waals surface area contributed by atoms with Gasteiger partial charge in [-0.2, -0.15) is 0 Å². The minimum absolute atomic E-state index is 0.869. The number of anilines is 2. The summed E-state index contributed by atoms with van der Waals surface area (Å²) < 4.78 is 0. The van der Waals surface area contributed by atoms with Gasteiger partial charge in [0.15, 0.2) is 0 Å². The van der Waals surface area contributed by atoms with Crippen LogP contribution in [0.15, 0.2) is 60.7 Å². The third-order valence-corrected chi connectivity index (χ3v) is 12.6. The molecule has 0 saturated heterocycles. The van der Waals surface area contributed by atoms with Gasteiger partial charge in [0.05, 0.1) is 0 Å². The second-order valence-electron chi connectivity index (χ2n) is 17.6. The van der Waals surface area contributed by atoms with Gasteiger partial charge in [-0.15, -0.1) is 0 Å². The first-order valence-electron chi connectivity index (χ1n) is 23.6. The molecule has 0 fully saturated rings. The van der Waals surface area contributed by atoms with Crippen molar-refractivity contribution in [3.05, 3.63) is 127 Å². The molecule has 0 bridgehead atoms. The van der Waals surface area contributed by atoms with E-state index in [1.807, 2.05) is 0 Å². The predicted molar refractivity (Wildman–Crippen MR) is 253 cm³/mol. The van der Waals surface area contributed by atoms with E-state index < -0.39 is 0 Å². The Bertz CT molecular complexity index is 1730. The van der Waals surface area contributed by atoms with Gasteiger partial charge in [-0.1, -0.05) is 177 Å². The molecule has 0 aromatic heterocycles. The second kappa shape index (κ2) is 25.1. The fourth-order valence-electron chi connectivity index (χ4n) is 9.04. The molecule has 0 aliphatic rings. The molecule has 2 nitrogen and oxygen atoms in total. The Morgan fingerprint density at radius 3 is 1.25 bits per heavy atom. The first-order valence-corrected chi connectivity index (χ1v) is 23.6. The topological polar surface area (TPSA) is 29.3 Å². The van der Waals surface area contributed by atoms with Crippen molar-refractivity contribution in [1.82, 2.24) is 0 Å². The van der Waals surface area contributed by atoms with Crippen LogP contribution in [-0.4, -0.2) is 0 Å². The number of benzene rings is 4. The van der Waals surface area contributed by atoms with Crippen LogP contribution in [0.1, 0.15) is 197 Å². The normalized spacial score (nSPS) is 11.4. The average Bonchev–Trinajstić information content (AvgIpc) is 3.19. The first-order chi connectivity index (χ1) is 27.7. The monoisotopic (exact) mass is 771 g/mol. The summed E-state index contributed by atoms with van der Waals surface area (Å²) >= 11 is 0. The average molecular weight is 771 g/mol. The van der Waals surface area contributed by atoms with Crippen molar-refractivity contribution in [2.45, 2.75) is 203 Å². The van der Waals surface area contributed by atoms with E-state index in [1.165, 1.54) is 164 Å². The van der Waals surface area contributed by atoms with Gasteiger partial charge in [0.1, 0.15) is 0 Å². The Labute approximate surface area is 351 Å². The predicted octanol–water partition coefficient (Wildman–Crippen LogP) is 15.8. The fourth-order valence-corrected chi connectivity index (χ4v) is 9.04. The van der Waals surface area contributed by atoms with E-state index in [1.54, 1.807) is 11.1 Å². The zero-order valence-corrected chi connectivity index (χ0v) is 38.1. The molecular formula is C55H82N2. The van der Waals surface area contributed by atoms with Gasteiger partial charge in [-0.25, -0.2) is 0 Å². The van der Waals surface area contributed by atoms with Gasteiger partial charge in [-0.05, 0) is 135 Å². The molecule has 0 saturated carbocycles. The SMILES string of the molecule is CCCCCCc1ccc(Cc2ccc(CCCCCC)c(CCCCCC)c2N(Cc2ccc(C)cc2C)Cc2ccc(C)cc2C)c(N)c1CCCCCC. The van der Waals surface area contributed by atoms with E-state index in [2.05, 4.69) is 121 Å². The molecule has 0 aliphatic carbocycles. The van der Waals surface area contributed by atoms with E-state index in [0.29, 0.717) is 0 Å². The van der Waals surface area contributed by atoms with E-state index in [9.17, 15) is 0 Å². The Hall–Kier alpha value is -3.52. The highest BCUT2D eigenvalue weighted by atomic mass is 15.1. The molecule has 0 unspecified atom stereocenters. The zero-order valence-electron chi connectivity index (χ0n) is 38.1. The van der Waals surface area contributed by atoms with Crippen molar-refractivity contribution in [2.24, 2.45) is 0 Å². The largest absolute Gasteiger partial charge is 0.398 e. The Balaban J connectivity index is 1.91. The lowest BCUT2D eigenvalue weighted by atomic mass is 9.87. The van der Waals surface area contributed by atoms with Crippen molar-refractivity contribution in [3.63, 3.8) is 0 Å². The van der Waals surface area contributed by atoms with E-state index >= 15 is 0 Å². The summed E-state index contributed by atoms with van der Waals surface area (Å²) in [5, 5.41) is 0. The van der Waals surface area contributed by atoms with Gasteiger partial charge in [-0.3, -0.25) is 0 Å². The summed E-state index contributed by atoms with van der Waals surface area (Å²) in [4.78, 5) is 2.78. The minimum Gasteiger partial charge on any atom is -0.398 e. The van der Waals surface area contributed by atoms with Crippen LogP contribution >= 0.6 is 0 Å². The van der Waals surface area contributed by atoms with Crippen molar-refractivity contribution in [2.75, 3.05) is 10.6 Å². The van der Waals surface area contributed by atoms with Gasteiger partial charge in [0.2, 0.25) is 0 Å². The minimum atomic E-state index is 0.869. The number of hydrogen-bond donors (Lipinski definition) is 1. The summed E-state index contributed by atoms with van der Waals surface area (Å²) in [5.41, 5.74) is 27.0. The zero-order chi connectivity index (χ0) is 41.0. The van der Waals surface area contributed by atoms with Gasteiger partial charge in [0, 0.05) is 30.9 Å². The van der Waals surface area contributed by atoms with Gasteiger partial charge >= 0.3 is 0 Å². The smallest absolute Gasteiger partial charge is 0.0443 e. The van der Waals surface area contributed by atoms with Crippen molar-refractivity contribution in [1.29, 1.82) is 0 Å². The van der Waals surface area contributed by atoms with Crippen molar-refractivity contribution < 1.29 is 0 Å². The molecule has 2 N–H and O–H groups in total. The Morgan fingerprint density at radius 2 is 0.789 bits per heavy atom. The quantitative estimate of drug-likeness (QED) is 0.0483. The standard InChI is InChI=1S/C55H82N2/c1-9-13-17-21-25-46-33-35-48(54(56)52(46)27-23-19-15-11-3)39-49-36-34-47(26-22-18-14-10-2)53(28-24-20-16-12-4)55(49)57(40-50-31-29-42(5)37-44(50)7)41-51-32-30-43(6)38-45(51)8/h29-38H,9-28,39-41,56H2,1-8H3. The van der Waals surface area contributed by atoms with Gasteiger partial charge in [0.25, 0.3) is 0 Å². The summed E-state index contributed by atoms with van der Waals surface area (Å²) in [6.07, 6.45) is 25.9. The van der Waals surface area contributed by atoms with Crippen LogP contribution in [0.25, 0.3) is 0 Å². The number of aryl methyl sites for hydroxylation is 6. The summed E-state index contributed by atoms with van der Waals surface area (Å²) in [6.45, 7) is 20.1. The second-order valence-corrected chi connectivity index (χ2v) is 17.6. The lowest BCUT2D eigenvalue weighted by molar-refractivity contribution is 0.647. The molecule has 0 atom stereocenters. The number of nitrogens with two attached hydrogens (primary N) is 1. The molecule has 312 valence electrons. The van der Waals surface area contributed by atoms with Crippen molar-refractivity contribution >= 4 is 11.4 Å². The third kappa shape index (κ3) is 14.4. The lowest BCUT2D eigenvalue weighted by Crippen LogP contribution is -2.26. The van der Waals surface area contributed by atoms with E-state index in [0.717, 1.165) is 50.9 Å². The fraction of sp³-hybridized carbons (Fsp3) is 0.564. The maximum Gasteiger partial charge on any atom is 0.0443 e. The van der Waals surface area contributed by atoms with Crippen LogP contribution in [0.2, 0.25) is 0 Å². The Kier molecular flexibility index (Phi) is 20.3. The molecule has 57 heavy (non-hydrogen) atoms. The van der Waals surface area contributed by atoms with Crippen LogP contribution in [0.4, 0.5) is 11.4 Å². The molecule has 2 heteroatoms. The molecule has 4 aromatic rings. The van der Waals surface area contributed by atoms with Crippen LogP contribution in [0.3, 0.4) is 0 Å². The maximum atomic E-state index is 7.38. The number of nitrogens with zero attached hydrogens (tertiary/aromatic N) is 1. The maximum absolute atomic E-state index is 7.38. The molecule has 0 radical (unpaired) electrons. The number of rotatable bonds is 27. The van der Waals surface area contributed by atoms with Crippen LogP contribution in [0.5, 0.6) is 0 Å². The summed E-state index contributed by atoms with van der Waals surface area (Å²) in [6, 6.07) is 24.0. The third-order valence-electron chi connectivity index (χ3n) is 12.6. The van der Waals surface area contributed by atoms with Crippen LogP contribution in [-0.2, 0) is 45.2 Å². The molecule has 4 rings (SSSR count). The highest BCUT2D eigenvalue weighted by Gasteiger charge is 2.23. The molecule has 0 aliphatic heterocycles. The lowest BCUT2D eigenvalue weighted by Gasteiger charge is -2.33. The van der Waals surface area contributed by atoms with Crippen LogP contribution in [0, 0.1) is 27.7 Å². The summed E-state index contributed by atoms with van der Waals surface area (Å²) in [5.74, 6) is 0. The number of unbranched alkanes of at least 4 members (excludes halogenated alkanes) is 12. The van der Waals surface area contributed by atoms with Crippen molar-refractivity contribution in [3.8, 4) is 0 Å².